The molecule has 2 amide bonds. The molecular weight excluding hydrogens is 380 g/mol. The number of hydrogen-bond donors (Lipinski definition) is 2. The van der Waals surface area contributed by atoms with Crippen LogP contribution in [0, 0.1) is 0 Å². The summed E-state index contributed by atoms with van der Waals surface area (Å²) in [5, 5.41) is 4.87. The van der Waals surface area contributed by atoms with Gasteiger partial charge in [0.2, 0.25) is 0 Å². The topological polar surface area (TPSA) is 76.7 Å². The van der Waals surface area contributed by atoms with Crippen LogP contribution in [0.4, 0.5) is 9.59 Å². The van der Waals surface area contributed by atoms with Gasteiger partial charge in [-0.15, -0.1) is 0 Å². The third-order valence-electron chi connectivity index (χ3n) is 4.94. The highest BCUT2D eigenvalue weighted by Crippen LogP contribution is 2.29. The molecule has 0 bridgehead atoms. The smallest absolute Gasteiger partial charge is 0.410 e. The van der Waals surface area contributed by atoms with E-state index >= 15 is 0 Å². The van der Waals surface area contributed by atoms with Crippen LogP contribution in [0.2, 0.25) is 0 Å². The zero-order valence-corrected chi connectivity index (χ0v) is 18.8. The number of ether oxygens (including phenoxy) is 2. The van der Waals surface area contributed by atoms with Gasteiger partial charge in [-0.25, -0.2) is 9.59 Å². The molecule has 0 heterocycles. The first kappa shape index (κ1) is 25.0. The highest BCUT2D eigenvalue weighted by Gasteiger charge is 2.12. The lowest BCUT2D eigenvalue weighted by atomic mass is 9.98. The molecule has 0 aliphatic rings. The van der Waals surface area contributed by atoms with Crippen molar-refractivity contribution in [2.45, 2.75) is 52.4 Å². The maximum Gasteiger partial charge on any atom is 0.412 e. The van der Waals surface area contributed by atoms with E-state index in [0.29, 0.717) is 23.3 Å². The molecule has 0 fully saturated rings. The zero-order valence-electron chi connectivity index (χ0n) is 18.8. The number of amides is 2. The summed E-state index contributed by atoms with van der Waals surface area (Å²) in [6, 6.07) is 15.3. The molecule has 0 saturated carbocycles. The SMILES string of the molecule is CCC(C)c1ccccc1OC(=O)NC.CCC(C)c1ccccc1OC(=O)NC. The standard InChI is InChI=1S/2C12H17NO2/c2*1-4-9(2)10-7-5-6-8-11(10)15-12(14)13-3/h2*5-9H,4H2,1-3H3,(H,13,14). The van der Waals surface area contributed by atoms with Crippen molar-refractivity contribution in [2.75, 3.05) is 14.1 Å². The molecule has 2 aromatic rings. The predicted molar refractivity (Wildman–Crippen MR) is 120 cm³/mol. The van der Waals surface area contributed by atoms with Gasteiger partial charge in [0.05, 0.1) is 0 Å². The number of carbonyl (C=O) groups is 2. The van der Waals surface area contributed by atoms with Crippen molar-refractivity contribution in [3.05, 3.63) is 59.7 Å². The lowest BCUT2D eigenvalue weighted by Gasteiger charge is -2.13. The van der Waals surface area contributed by atoms with Gasteiger partial charge in [-0.2, -0.15) is 0 Å². The first-order valence-electron chi connectivity index (χ1n) is 10.3. The molecule has 30 heavy (non-hydrogen) atoms. The Balaban J connectivity index is 0.000000300. The predicted octanol–water partition coefficient (Wildman–Crippen LogP) is 5.84. The molecule has 2 unspecified atom stereocenters. The number of para-hydroxylation sites is 2. The number of carbonyl (C=O) groups excluding carboxylic acids is 2. The van der Waals surface area contributed by atoms with Crippen molar-refractivity contribution >= 4 is 12.2 Å². The maximum absolute atomic E-state index is 11.1. The fourth-order valence-electron chi connectivity index (χ4n) is 2.70. The van der Waals surface area contributed by atoms with Gasteiger partial charge in [-0.1, -0.05) is 64.1 Å². The van der Waals surface area contributed by atoms with E-state index in [1.807, 2.05) is 48.5 Å². The largest absolute Gasteiger partial charge is 0.412 e. The molecule has 2 atom stereocenters. The van der Waals surface area contributed by atoms with Crippen LogP contribution in [0.3, 0.4) is 0 Å². The van der Waals surface area contributed by atoms with Crippen LogP contribution < -0.4 is 20.1 Å². The summed E-state index contributed by atoms with van der Waals surface area (Å²) < 4.78 is 10.3. The second-order valence-corrected chi connectivity index (χ2v) is 6.97. The fourth-order valence-corrected chi connectivity index (χ4v) is 2.70. The second-order valence-electron chi connectivity index (χ2n) is 6.97. The summed E-state index contributed by atoms with van der Waals surface area (Å²) in [5.74, 6) is 2.08. The van der Waals surface area contributed by atoms with E-state index in [-0.39, 0.29) is 0 Å². The van der Waals surface area contributed by atoms with E-state index in [9.17, 15) is 9.59 Å². The normalized spacial score (nSPS) is 11.9. The number of nitrogens with one attached hydrogen (secondary N) is 2. The Morgan fingerprint density at radius 2 is 1.07 bits per heavy atom. The highest BCUT2D eigenvalue weighted by atomic mass is 16.6. The molecule has 2 aromatic carbocycles. The average molecular weight is 415 g/mol. The number of rotatable bonds is 6. The van der Waals surface area contributed by atoms with E-state index in [4.69, 9.17) is 9.47 Å². The molecule has 0 radical (unpaired) electrons. The molecule has 0 saturated heterocycles. The van der Waals surface area contributed by atoms with Crippen LogP contribution in [0.1, 0.15) is 63.5 Å². The summed E-state index contributed by atoms with van der Waals surface area (Å²) in [6.07, 6.45) is 1.19. The Morgan fingerprint density at radius 3 is 1.37 bits per heavy atom. The molecule has 6 heteroatoms. The molecule has 0 aromatic heterocycles. The first-order valence-corrected chi connectivity index (χ1v) is 10.3. The summed E-state index contributed by atoms with van der Waals surface area (Å²) in [6.45, 7) is 8.46. The highest BCUT2D eigenvalue weighted by molar-refractivity contribution is 5.71. The Bertz CT molecular complexity index is 740. The monoisotopic (exact) mass is 414 g/mol. The second kappa shape index (κ2) is 13.2. The number of benzene rings is 2. The van der Waals surface area contributed by atoms with Crippen LogP contribution in [0.5, 0.6) is 11.5 Å². The van der Waals surface area contributed by atoms with Gasteiger partial charge in [0.25, 0.3) is 0 Å². The van der Waals surface area contributed by atoms with Crippen LogP contribution in [-0.2, 0) is 0 Å². The summed E-state index contributed by atoms with van der Waals surface area (Å²) in [5.41, 5.74) is 2.15. The van der Waals surface area contributed by atoms with E-state index < -0.39 is 12.2 Å². The van der Waals surface area contributed by atoms with Gasteiger partial charge in [0.15, 0.2) is 0 Å². The minimum absolute atomic E-state index is 0.394. The molecule has 2 rings (SSSR count). The third kappa shape index (κ3) is 7.78. The molecule has 0 spiro atoms. The Kier molecular flexibility index (Phi) is 11.0. The number of hydrogen-bond acceptors (Lipinski definition) is 4. The summed E-state index contributed by atoms with van der Waals surface area (Å²) in [4.78, 5) is 22.2. The zero-order chi connectivity index (χ0) is 22.5. The fraction of sp³-hybridized carbons (Fsp3) is 0.417. The van der Waals surface area contributed by atoms with Crippen LogP contribution in [0.25, 0.3) is 0 Å². The van der Waals surface area contributed by atoms with Crippen molar-refractivity contribution in [2.24, 2.45) is 0 Å². The van der Waals surface area contributed by atoms with Crippen molar-refractivity contribution in [3.8, 4) is 11.5 Å². The lowest BCUT2D eigenvalue weighted by Crippen LogP contribution is -2.22. The molecule has 164 valence electrons. The van der Waals surface area contributed by atoms with Gasteiger partial charge >= 0.3 is 12.2 Å². The van der Waals surface area contributed by atoms with E-state index in [0.717, 1.165) is 24.0 Å². The van der Waals surface area contributed by atoms with Crippen LogP contribution in [-0.4, -0.2) is 26.3 Å². The van der Waals surface area contributed by atoms with Gasteiger partial charge in [0, 0.05) is 14.1 Å². The third-order valence-corrected chi connectivity index (χ3v) is 4.94. The van der Waals surface area contributed by atoms with Gasteiger partial charge in [0.1, 0.15) is 11.5 Å². The minimum atomic E-state index is -0.425. The lowest BCUT2D eigenvalue weighted by molar-refractivity contribution is 0.201. The van der Waals surface area contributed by atoms with Crippen molar-refractivity contribution < 1.29 is 19.1 Å². The summed E-state index contributed by atoms with van der Waals surface area (Å²) >= 11 is 0. The van der Waals surface area contributed by atoms with Gasteiger partial charge in [-0.3, -0.25) is 0 Å². The van der Waals surface area contributed by atoms with Crippen molar-refractivity contribution in [1.82, 2.24) is 10.6 Å². The Labute approximate surface area is 180 Å². The summed E-state index contributed by atoms with van der Waals surface area (Å²) in [7, 11) is 3.10. The molecule has 0 aliphatic carbocycles. The van der Waals surface area contributed by atoms with Gasteiger partial charge < -0.3 is 20.1 Å². The van der Waals surface area contributed by atoms with E-state index in [2.05, 4.69) is 38.3 Å². The van der Waals surface area contributed by atoms with Crippen LogP contribution in [0.15, 0.2) is 48.5 Å². The van der Waals surface area contributed by atoms with Crippen molar-refractivity contribution in [3.63, 3.8) is 0 Å². The minimum Gasteiger partial charge on any atom is -0.410 e. The maximum atomic E-state index is 11.1. The van der Waals surface area contributed by atoms with E-state index in [1.165, 1.54) is 0 Å². The average Bonchev–Trinajstić information content (AvgIpc) is 2.78. The molecule has 0 aliphatic heterocycles. The molecular formula is C24H34N2O4. The van der Waals surface area contributed by atoms with Crippen molar-refractivity contribution in [1.29, 1.82) is 0 Å². The van der Waals surface area contributed by atoms with Gasteiger partial charge in [-0.05, 0) is 47.9 Å². The molecule has 6 nitrogen and oxygen atoms in total. The Morgan fingerprint density at radius 1 is 0.733 bits per heavy atom. The first-order chi connectivity index (χ1) is 14.4. The molecule has 2 N–H and O–H groups in total. The quantitative estimate of drug-likeness (QED) is 0.623. The Hall–Kier alpha value is -3.02. The van der Waals surface area contributed by atoms with Crippen LogP contribution >= 0.6 is 0 Å². The van der Waals surface area contributed by atoms with E-state index in [1.54, 1.807) is 14.1 Å².